The highest BCUT2D eigenvalue weighted by molar-refractivity contribution is 7.99. The van der Waals surface area contributed by atoms with Gasteiger partial charge in [-0.05, 0) is 24.0 Å². The first-order valence-corrected chi connectivity index (χ1v) is 9.75. The summed E-state index contributed by atoms with van der Waals surface area (Å²) in [7, 11) is 0. The highest BCUT2D eigenvalue weighted by Gasteiger charge is 2.37. The fourth-order valence-corrected chi connectivity index (χ4v) is 3.87. The van der Waals surface area contributed by atoms with Crippen molar-refractivity contribution in [1.29, 1.82) is 0 Å². The third-order valence-corrected chi connectivity index (χ3v) is 5.48. The van der Waals surface area contributed by atoms with Crippen molar-refractivity contribution in [2.75, 3.05) is 18.8 Å². The normalized spacial score (nSPS) is 19.4. The topological polar surface area (TPSA) is 88.7 Å². The SMILES string of the molecule is CCSc1ccccc1C(=O)N1CC(c2nc(C3C=CC=NC3=O)no2)C1. The van der Waals surface area contributed by atoms with Gasteiger partial charge in [0.05, 0.1) is 11.5 Å². The number of allylic oxidation sites excluding steroid dienone is 1. The Balaban J connectivity index is 1.41. The summed E-state index contributed by atoms with van der Waals surface area (Å²) in [6.45, 7) is 3.12. The molecule has 4 rings (SSSR count). The molecule has 2 aliphatic heterocycles. The molecule has 7 nitrogen and oxygen atoms in total. The molecule has 3 heterocycles. The summed E-state index contributed by atoms with van der Waals surface area (Å²) < 4.78 is 5.33. The molecule has 0 bridgehead atoms. The number of rotatable bonds is 5. The van der Waals surface area contributed by atoms with Crippen LogP contribution in [-0.4, -0.2) is 51.9 Å². The zero-order chi connectivity index (χ0) is 18.8. The van der Waals surface area contributed by atoms with Gasteiger partial charge in [-0.3, -0.25) is 9.59 Å². The van der Waals surface area contributed by atoms with E-state index < -0.39 is 5.92 Å². The molecule has 0 aliphatic carbocycles. The quantitative estimate of drug-likeness (QED) is 0.739. The molecule has 8 heteroatoms. The fourth-order valence-electron chi connectivity index (χ4n) is 3.07. The molecule has 27 heavy (non-hydrogen) atoms. The summed E-state index contributed by atoms with van der Waals surface area (Å²) in [5.41, 5.74) is 0.727. The number of dihydropyridines is 1. The van der Waals surface area contributed by atoms with Crippen LogP contribution in [0.15, 0.2) is 50.8 Å². The lowest BCUT2D eigenvalue weighted by atomic mass is 9.98. The minimum absolute atomic E-state index is 0.00707. The van der Waals surface area contributed by atoms with E-state index in [-0.39, 0.29) is 17.7 Å². The summed E-state index contributed by atoms with van der Waals surface area (Å²) in [5, 5.41) is 3.92. The number of carbonyl (C=O) groups is 2. The largest absolute Gasteiger partial charge is 0.339 e. The minimum atomic E-state index is -0.594. The van der Waals surface area contributed by atoms with Crippen molar-refractivity contribution >= 4 is 29.8 Å². The maximum absolute atomic E-state index is 12.8. The highest BCUT2D eigenvalue weighted by atomic mass is 32.2. The lowest BCUT2D eigenvalue weighted by Crippen LogP contribution is -2.48. The number of nitrogens with zero attached hydrogens (tertiary/aromatic N) is 4. The van der Waals surface area contributed by atoms with Crippen LogP contribution in [0.25, 0.3) is 0 Å². The van der Waals surface area contributed by atoms with Crippen LogP contribution in [0, 0.1) is 0 Å². The van der Waals surface area contributed by atoms with E-state index in [1.807, 2.05) is 24.3 Å². The third-order valence-electron chi connectivity index (χ3n) is 4.53. The van der Waals surface area contributed by atoms with E-state index in [4.69, 9.17) is 4.52 Å². The van der Waals surface area contributed by atoms with Gasteiger partial charge < -0.3 is 9.42 Å². The first kappa shape index (κ1) is 17.7. The van der Waals surface area contributed by atoms with Crippen LogP contribution in [-0.2, 0) is 4.79 Å². The number of amides is 2. The molecule has 2 amide bonds. The van der Waals surface area contributed by atoms with Gasteiger partial charge >= 0.3 is 0 Å². The summed E-state index contributed by atoms with van der Waals surface area (Å²) in [6.07, 6.45) is 4.84. The second-order valence-corrected chi connectivity index (χ2v) is 7.61. The van der Waals surface area contributed by atoms with Crippen molar-refractivity contribution in [1.82, 2.24) is 15.0 Å². The van der Waals surface area contributed by atoms with Crippen LogP contribution >= 0.6 is 11.8 Å². The smallest absolute Gasteiger partial charge is 0.260 e. The van der Waals surface area contributed by atoms with Gasteiger partial charge in [0.2, 0.25) is 5.89 Å². The van der Waals surface area contributed by atoms with Crippen molar-refractivity contribution < 1.29 is 14.1 Å². The Hall–Kier alpha value is -2.74. The van der Waals surface area contributed by atoms with Gasteiger partial charge in [0.25, 0.3) is 11.8 Å². The number of benzene rings is 1. The summed E-state index contributed by atoms with van der Waals surface area (Å²) in [6, 6.07) is 7.66. The molecule has 0 radical (unpaired) electrons. The summed E-state index contributed by atoms with van der Waals surface area (Å²) >= 11 is 1.66. The van der Waals surface area contributed by atoms with Gasteiger partial charge in [-0.15, -0.1) is 11.8 Å². The molecule has 2 aromatic rings. The van der Waals surface area contributed by atoms with E-state index >= 15 is 0 Å². The van der Waals surface area contributed by atoms with Gasteiger partial charge in [0.1, 0.15) is 5.92 Å². The molecule has 1 unspecified atom stereocenters. The predicted octanol–water partition coefficient (Wildman–Crippen LogP) is 2.67. The lowest BCUT2D eigenvalue weighted by Gasteiger charge is -2.37. The Morgan fingerprint density at radius 2 is 2.15 bits per heavy atom. The summed E-state index contributed by atoms with van der Waals surface area (Å²) in [4.78, 5) is 35.5. The Labute approximate surface area is 160 Å². The number of hydrogen-bond acceptors (Lipinski definition) is 6. The Morgan fingerprint density at radius 1 is 1.33 bits per heavy atom. The number of carbonyl (C=O) groups excluding carboxylic acids is 2. The number of aromatic nitrogens is 2. The van der Waals surface area contributed by atoms with E-state index in [0.29, 0.717) is 24.8 Å². The van der Waals surface area contributed by atoms with E-state index in [1.165, 1.54) is 6.21 Å². The number of likely N-dealkylation sites (tertiary alicyclic amines) is 1. The monoisotopic (exact) mass is 382 g/mol. The molecule has 1 aromatic carbocycles. The zero-order valence-electron chi connectivity index (χ0n) is 14.7. The third kappa shape index (κ3) is 3.44. The number of hydrogen-bond donors (Lipinski definition) is 0. The molecule has 1 atom stereocenters. The number of thioether (sulfide) groups is 1. The lowest BCUT2D eigenvalue weighted by molar-refractivity contribution is -0.118. The standard InChI is InChI=1S/C19H18N4O3S/c1-2-27-15-8-4-3-6-13(15)19(25)23-10-12(11-23)18-21-16(22-26-18)14-7-5-9-20-17(14)24/h3-9,12,14H,2,10-11H2,1H3. The van der Waals surface area contributed by atoms with E-state index in [2.05, 4.69) is 22.1 Å². The average Bonchev–Trinajstić information content (AvgIpc) is 3.11. The number of aliphatic imine (C=N–C) groups is 1. The average molecular weight is 382 g/mol. The second kappa shape index (κ2) is 7.48. The highest BCUT2D eigenvalue weighted by Crippen LogP contribution is 2.31. The zero-order valence-corrected chi connectivity index (χ0v) is 15.6. The maximum Gasteiger partial charge on any atom is 0.260 e. The molecule has 0 saturated carbocycles. The van der Waals surface area contributed by atoms with Gasteiger partial charge in [-0.25, -0.2) is 4.99 Å². The van der Waals surface area contributed by atoms with E-state index in [0.717, 1.165) is 16.2 Å². The van der Waals surface area contributed by atoms with Crippen LogP contribution in [0.5, 0.6) is 0 Å². The molecule has 138 valence electrons. The minimum Gasteiger partial charge on any atom is -0.339 e. The molecule has 1 fully saturated rings. The van der Waals surface area contributed by atoms with Crippen LogP contribution in [0.2, 0.25) is 0 Å². The van der Waals surface area contributed by atoms with Gasteiger partial charge in [-0.2, -0.15) is 4.98 Å². The molecule has 1 saturated heterocycles. The van der Waals surface area contributed by atoms with Gasteiger partial charge in [0, 0.05) is 24.2 Å². The van der Waals surface area contributed by atoms with E-state index in [9.17, 15) is 9.59 Å². The first-order valence-electron chi connectivity index (χ1n) is 8.76. The van der Waals surface area contributed by atoms with Crippen molar-refractivity contribution in [2.45, 2.75) is 23.7 Å². The molecule has 0 spiro atoms. The van der Waals surface area contributed by atoms with Crippen molar-refractivity contribution in [2.24, 2.45) is 4.99 Å². The Bertz CT molecular complexity index is 931. The molecule has 1 aromatic heterocycles. The van der Waals surface area contributed by atoms with Crippen LogP contribution < -0.4 is 0 Å². The van der Waals surface area contributed by atoms with Crippen molar-refractivity contribution in [3.8, 4) is 0 Å². The predicted molar refractivity (Wildman–Crippen MR) is 101 cm³/mol. The Morgan fingerprint density at radius 3 is 2.93 bits per heavy atom. The van der Waals surface area contributed by atoms with Crippen LogP contribution in [0.3, 0.4) is 0 Å². The van der Waals surface area contributed by atoms with Crippen molar-refractivity contribution in [3.63, 3.8) is 0 Å². The first-order chi connectivity index (χ1) is 13.2. The van der Waals surface area contributed by atoms with E-state index in [1.54, 1.807) is 28.8 Å². The van der Waals surface area contributed by atoms with Gasteiger partial charge in [0.15, 0.2) is 5.82 Å². The fraction of sp³-hybridized carbons (Fsp3) is 0.316. The maximum atomic E-state index is 12.8. The Kier molecular flexibility index (Phi) is 4.89. The molecular weight excluding hydrogens is 364 g/mol. The molecular formula is C19H18N4O3S. The summed E-state index contributed by atoms with van der Waals surface area (Å²) in [5.74, 6) is 0.799. The van der Waals surface area contributed by atoms with Gasteiger partial charge in [-0.1, -0.05) is 30.3 Å². The van der Waals surface area contributed by atoms with Crippen LogP contribution in [0.1, 0.15) is 40.8 Å². The van der Waals surface area contributed by atoms with Crippen molar-refractivity contribution in [3.05, 3.63) is 53.7 Å². The molecule has 0 N–H and O–H groups in total. The van der Waals surface area contributed by atoms with Crippen LogP contribution in [0.4, 0.5) is 0 Å². The molecule has 2 aliphatic rings. The second-order valence-electron chi connectivity index (χ2n) is 6.31.